The van der Waals surface area contributed by atoms with Crippen LogP contribution in [-0.4, -0.2) is 58.4 Å². The molecule has 158 valence electrons. The van der Waals surface area contributed by atoms with Gasteiger partial charge in [0.2, 0.25) is 0 Å². The van der Waals surface area contributed by atoms with Crippen LogP contribution in [0.1, 0.15) is 85.5 Å². The predicted octanol–water partition coefficient (Wildman–Crippen LogP) is 4.38. The van der Waals surface area contributed by atoms with E-state index in [1.54, 1.807) is 4.90 Å². The number of ether oxygens (including phenoxy) is 1. The van der Waals surface area contributed by atoms with E-state index in [4.69, 9.17) is 9.73 Å². The molecule has 1 aliphatic carbocycles. The summed E-state index contributed by atoms with van der Waals surface area (Å²) in [7, 11) is 0. The van der Waals surface area contributed by atoms with Crippen molar-refractivity contribution in [3.63, 3.8) is 0 Å². The van der Waals surface area contributed by atoms with Gasteiger partial charge in [-0.25, -0.2) is 4.79 Å². The molecule has 0 aromatic carbocycles. The third kappa shape index (κ3) is 4.69. The van der Waals surface area contributed by atoms with Crippen molar-refractivity contribution >= 4 is 17.8 Å². The van der Waals surface area contributed by atoms with Gasteiger partial charge in [0.25, 0.3) is 5.91 Å². The largest absolute Gasteiger partial charge is 0.444 e. The van der Waals surface area contributed by atoms with E-state index in [0.717, 1.165) is 70.2 Å². The summed E-state index contributed by atoms with van der Waals surface area (Å²) in [4.78, 5) is 34.3. The molecule has 2 heterocycles. The molecule has 3 rings (SSSR count). The number of piperidine rings is 1. The number of amides is 2. The molecule has 1 spiro atoms. The number of amidine groups is 1. The Hall–Kier alpha value is -1.59. The van der Waals surface area contributed by atoms with Gasteiger partial charge in [-0.3, -0.25) is 14.7 Å². The summed E-state index contributed by atoms with van der Waals surface area (Å²) in [5.41, 5.74) is -0.906. The minimum Gasteiger partial charge on any atom is -0.444 e. The maximum atomic E-state index is 13.2. The molecule has 2 aliphatic heterocycles. The SMILES string of the molecule is CCCCC1=NC2(CCCC2)C(=O)N1CC1CCN(C(=O)OC(C)(C)C)CC1. The Labute approximate surface area is 169 Å². The minimum absolute atomic E-state index is 0.224. The van der Waals surface area contributed by atoms with Gasteiger partial charge in [0.1, 0.15) is 17.0 Å². The van der Waals surface area contributed by atoms with Crippen molar-refractivity contribution in [3.8, 4) is 0 Å². The van der Waals surface area contributed by atoms with Crippen LogP contribution in [0.15, 0.2) is 4.99 Å². The summed E-state index contributed by atoms with van der Waals surface area (Å²) in [6, 6.07) is 0. The quantitative estimate of drug-likeness (QED) is 0.699. The normalized spacial score (nSPS) is 22.9. The highest BCUT2D eigenvalue weighted by Gasteiger charge is 2.49. The standard InChI is InChI=1S/C22H37N3O3/c1-5-6-9-18-23-22(12-7-8-13-22)19(26)25(18)16-17-10-14-24(15-11-17)20(27)28-21(2,3)4/h17H,5-16H2,1-4H3. The first-order valence-corrected chi connectivity index (χ1v) is 11.1. The van der Waals surface area contributed by atoms with Gasteiger partial charge in [-0.2, -0.15) is 0 Å². The van der Waals surface area contributed by atoms with Gasteiger partial charge in [-0.15, -0.1) is 0 Å². The van der Waals surface area contributed by atoms with Gasteiger partial charge in [-0.1, -0.05) is 26.2 Å². The molecule has 0 unspecified atom stereocenters. The van der Waals surface area contributed by atoms with Gasteiger partial charge < -0.3 is 9.64 Å². The molecule has 1 saturated heterocycles. The Morgan fingerprint density at radius 2 is 1.86 bits per heavy atom. The van der Waals surface area contributed by atoms with E-state index < -0.39 is 11.1 Å². The lowest BCUT2D eigenvalue weighted by molar-refractivity contribution is -0.131. The smallest absolute Gasteiger partial charge is 0.410 e. The summed E-state index contributed by atoms with van der Waals surface area (Å²) in [5, 5.41) is 0. The number of hydrogen-bond acceptors (Lipinski definition) is 4. The number of rotatable bonds is 5. The average Bonchev–Trinajstić information content (AvgIpc) is 3.20. The Balaban J connectivity index is 1.58. The number of hydrogen-bond donors (Lipinski definition) is 0. The second kappa shape index (κ2) is 8.42. The van der Waals surface area contributed by atoms with Crippen LogP contribution in [0.3, 0.4) is 0 Å². The summed E-state index contributed by atoms with van der Waals surface area (Å²) in [5.74, 6) is 1.68. The predicted molar refractivity (Wildman–Crippen MR) is 110 cm³/mol. The number of likely N-dealkylation sites (tertiary alicyclic amines) is 1. The molecular formula is C22H37N3O3. The summed E-state index contributed by atoms with van der Waals surface area (Å²) >= 11 is 0. The highest BCUT2D eigenvalue weighted by atomic mass is 16.6. The van der Waals surface area contributed by atoms with Crippen LogP contribution in [0, 0.1) is 5.92 Å². The van der Waals surface area contributed by atoms with Gasteiger partial charge in [-0.05, 0) is 58.8 Å². The molecule has 28 heavy (non-hydrogen) atoms. The van der Waals surface area contributed by atoms with E-state index in [-0.39, 0.29) is 12.0 Å². The summed E-state index contributed by atoms with van der Waals surface area (Å²) in [6.07, 6.45) is 8.74. The summed E-state index contributed by atoms with van der Waals surface area (Å²) in [6.45, 7) is 10.0. The Morgan fingerprint density at radius 1 is 1.21 bits per heavy atom. The van der Waals surface area contributed by atoms with Crippen LogP contribution in [0.25, 0.3) is 0 Å². The number of aliphatic imine (C=N–C) groups is 1. The number of carbonyl (C=O) groups is 2. The van der Waals surface area contributed by atoms with E-state index in [9.17, 15) is 9.59 Å². The Morgan fingerprint density at radius 3 is 2.43 bits per heavy atom. The molecule has 2 fully saturated rings. The van der Waals surface area contributed by atoms with Gasteiger partial charge >= 0.3 is 6.09 Å². The molecule has 3 aliphatic rings. The fraction of sp³-hybridized carbons (Fsp3) is 0.864. The van der Waals surface area contributed by atoms with E-state index in [1.165, 1.54) is 0 Å². The molecule has 2 amide bonds. The number of carbonyl (C=O) groups excluding carboxylic acids is 2. The van der Waals surface area contributed by atoms with Crippen molar-refractivity contribution in [3.05, 3.63) is 0 Å². The Bertz CT molecular complexity index is 609. The molecule has 0 aromatic rings. The lowest BCUT2D eigenvalue weighted by Gasteiger charge is -2.35. The van der Waals surface area contributed by atoms with Crippen molar-refractivity contribution < 1.29 is 14.3 Å². The molecule has 0 aromatic heterocycles. The van der Waals surface area contributed by atoms with Gasteiger partial charge in [0.15, 0.2) is 0 Å². The number of nitrogens with zero attached hydrogens (tertiary/aromatic N) is 3. The number of unbranched alkanes of at least 4 members (excludes halogenated alkanes) is 1. The minimum atomic E-state index is -0.462. The molecular weight excluding hydrogens is 354 g/mol. The average molecular weight is 392 g/mol. The van der Waals surface area contributed by atoms with Crippen LogP contribution >= 0.6 is 0 Å². The zero-order valence-corrected chi connectivity index (χ0v) is 18.1. The van der Waals surface area contributed by atoms with Crippen LogP contribution in [0.5, 0.6) is 0 Å². The summed E-state index contributed by atoms with van der Waals surface area (Å²) < 4.78 is 5.49. The van der Waals surface area contributed by atoms with Gasteiger partial charge in [0, 0.05) is 26.1 Å². The molecule has 6 heteroatoms. The molecule has 6 nitrogen and oxygen atoms in total. The lowest BCUT2D eigenvalue weighted by Crippen LogP contribution is -2.47. The molecule has 1 saturated carbocycles. The van der Waals surface area contributed by atoms with Gasteiger partial charge in [0.05, 0.1) is 0 Å². The fourth-order valence-electron chi connectivity index (χ4n) is 4.61. The monoisotopic (exact) mass is 391 g/mol. The Kier molecular flexibility index (Phi) is 6.35. The fourth-order valence-corrected chi connectivity index (χ4v) is 4.61. The third-order valence-electron chi connectivity index (χ3n) is 6.19. The van der Waals surface area contributed by atoms with Crippen LogP contribution in [-0.2, 0) is 9.53 Å². The maximum absolute atomic E-state index is 13.2. The van der Waals surface area contributed by atoms with Crippen LogP contribution < -0.4 is 0 Å². The first-order valence-electron chi connectivity index (χ1n) is 11.1. The highest BCUT2D eigenvalue weighted by molar-refractivity contribution is 6.08. The first kappa shape index (κ1) is 21.1. The van der Waals surface area contributed by atoms with Crippen molar-refractivity contribution in [1.29, 1.82) is 0 Å². The molecule has 0 atom stereocenters. The topological polar surface area (TPSA) is 62.2 Å². The third-order valence-corrected chi connectivity index (χ3v) is 6.19. The zero-order chi connectivity index (χ0) is 20.4. The maximum Gasteiger partial charge on any atom is 0.410 e. The molecule has 0 radical (unpaired) electrons. The van der Waals surface area contributed by atoms with E-state index >= 15 is 0 Å². The zero-order valence-electron chi connectivity index (χ0n) is 18.1. The lowest BCUT2D eigenvalue weighted by atomic mass is 9.94. The molecule has 0 bridgehead atoms. The van der Waals surface area contributed by atoms with Crippen LogP contribution in [0.2, 0.25) is 0 Å². The van der Waals surface area contributed by atoms with Crippen molar-refractivity contribution in [2.45, 2.75) is 96.6 Å². The van der Waals surface area contributed by atoms with Crippen molar-refractivity contribution in [2.24, 2.45) is 10.9 Å². The van der Waals surface area contributed by atoms with E-state index in [2.05, 4.69) is 6.92 Å². The van der Waals surface area contributed by atoms with E-state index in [1.807, 2.05) is 25.7 Å². The van der Waals surface area contributed by atoms with Crippen molar-refractivity contribution in [2.75, 3.05) is 19.6 Å². The highest BCUT2D eigenvalue weighted by Crippen LogP contribution is 2.40. The second-order valence-electron chi connectivity index (χ2n) is 9.70. The van der Waals surface area contributed by atoms with Crippen LogP contribution in [0.4, 0.5) is 4.79 Å². The van der Waals surface area contributed by atoms with Crippen molar-refractivity contribution in [1.82, 2.24) is 9.80 Å². The van der Waals surface area contributed by atoms with E-state index in [0.29, 0.717) is 19.0 Å². The first-order chi connectivity index (χ1) is 13.2. The second-order valence-corrected chi connectivity index (χ2v) is 9.70. The molecule has 0 N–H and O–H groups in total.